The van der Waals surface area contributed by atoms with E-state index in [4.69, 9.17) is 0 Å². The van der Waals surface area contributed by atoms with Crippen molar-refractivity contribution in [3.8, 4) is 0 Å². The fraction of sp³-hybridized carbons (Fsp3) is 0.500. The van der Waals surface area contributed by atoms with Crippen molar-refractivity contribution in [1.82, 2.24) is 34.9 Å². The molecule has 2 aliphatic rings. The van der Waals surface area contributed by atoms with Crippen LogP contribution in [0, 0.1) is 0 Å². The molecule has 1 N–H and O–H groups in total. The Balaban J connectivity index is 1.44. The molecule has 1 atom stereocenters. The number of piperazine rings is 1. The van der Waals surface area contributed by atoms with Crippen LogP contribution in [0.25, 0.3) is 0 Å². The molecule has 9 nitrogen and oxygen atoms in total. The molecule has 0 radical (unpaired) electrons. The minimum Gasteiger partial charge on any atom is -0.337 e. The molecule has 9 heteroatoms. The molecule has 142 valence electrons. The van der Waals surface area contributed by atoms with E-state index in [1.807, 2.05) is 17.0 Å². The van der Waals surface area contributed by atoms with Crippen LogP contribution in [0.15, 0.2) is 30.9 Å². The highest BCUT2D eigenvalue weighted by Crippen LogP contribution is 2.27. The number of carbonyl (C=O) groups excluding carboxylic acids is 2. The first-order valence-corrected chi connectivity index (χ1v) is 9.31. The fourth-order valence-electron chi connectivity index (χ4n) is 3.81. The first-order chi connectivity index (χ1) is 13.2. The SMILES string of the molecule is O=C(c1ncn[nH]1)N1CCN(C(=O)[C@@H](c2cccnc2)N2CCCC2)CC1. The summed E-state index contributed by atoms with van der Waals surface area (Å²) in [5, 5.41) is 6.32. The van der Waals surface area contributed by atoms with Crippen molar-refractivity contribution in [1.29, 1.82) is 0 Å². The molecule has 0 saturated carbocycles. The topological polar surface area (TPSA) is 98.3 Å². The van der Waals surface area contributed by atoms with Crippen molar-refractivity contribution in [2.45, 2.75) is 18.9 Å². The van der Waals surface area contributed by atoms with Gasteiger partial charge >= 0.3 is 0 Å². The largest absolute Gasteiger partial charge is 0.337 e. The normalized spacial score (nSPS) is 19.3. The quantitative estimate of drug-likeness (QED) is 0.834. The maximum Gasteiger partial charge on any atom is 0.291 e. The van der Waals surface area contributed by atoms with Crippen molar-refractivity contribution in [2.75, 3.05) is 39.3 Å². The van der Waals surface area contributed by atoms with Gasteiger partial charge in [-0.2, -0.15) is 5.10 Å². The number of pyridine rings is 1. The second-order valence-corrected chi connectivity index (χ2v) is 6.88. The molecular weight excluding hydrogens is 346 g/mol. The van der Waals surface area contributed by atoms with E-state index in [1.54, 1.807) is 17.3 Å². The van der Waals surface area contributed by atoms with Crippen molar-refractivity contribution in [2.24, 2.45) is 0 Å². The van der Waals surface area contributed by atoms with Crippen LogP contribution in [0.2, 0.25) is 0 Å². The zero-order chi connectivity index (χ0) is 18.6. The van der Waals surface area contributed by atoms with Crippen LogP contribution in [-0.2, 0) is 4.79 Å². The fourth-order valence-corrected chi connectivity index (χ4v) is 3.81. The van der Waals surface area contributed by atoms with Gasteiger partial charge in [0.15, 0.2) is 0 Å². The van der Waals surface area contributed by atoms with E-state index in [1.165, 1.54) is 6.33 Å². The van der Waals surface area contributed by atoms with Crippen molar-refractivity contribution < 1.29 is 9.59 Å². The number of aromatic nitrogens is 4. The minimum atomic E-state index is -0.294. The van der Waals surface area contributed by atoms with Gasteiger partial charge < -0.3 is 9.80 Å². The Labute approximate surface area is 157 Å². The highest BCUT2D eigenvalue weighted by atomic mass is 16.2. The summed E-state index contributed by atoms with van der Waals surface area (Å²) in [4.78, 5) is 39.6. The van der Waals surface area contributed by atoms with Crippen LogP contribution >= 0.6 is 0 Å². The van der Waals surface area contributed by atoms with Crippen LogP contribution in [-0.4, -0.2) is 85.9 Å². The van der Waals surface area contributed by atoms with Crippen LogP contribution in [0.5, 0.6) is 0 Å². The van der Waals surface area contributed by atoms with E-state index in [9.17, 15) is 9.59 Å². The molecule has 2 aromatic rings. The first-order valence-electron chi connectivity index (χ1n) is 9.31. The molecule has 2 aromatic heterocycles. The van der Waals surface area contributed by atoms with Crippen LogP contribution in [0.4, 0.5) is 0 Å². The van der Waals surface area contributed by atoms with Crippen molar-refractivity contribution in [3.05, 3.63) is 42.2 Å². The summed E-state index contributed by atoms with van der Waals surface area (Å²) < 4.78 is 0. The number of hydrogen-bond donors (Lipinski definition) is 1. The highest BCUT2D eigenvalue weighted by Gasteiger charge is 2.35. The molecule has 2 aliphatic heterocycles. The number of amides is 2. The van der Waals surface area contributed by atoms with Gasteiger partial charge in [-0.05, 0) is 37.6 Å². The van der Waals surface area contributed by atoms with Crippen molar-refractivity contribution >= 4 is 11.8 Å². The average molecular weight is 369 g/mol. The molecule has 4 rings (SSSR count). The second kappa shape index (κ2) is 7.83. The third-order valence-electron chi connectivity index (χ3n) is 5.24. The van der Waals surface area contributed by atoms with Crippen molar-refractivity contribution in [3.63, 3.8) is 0 Å². The molecule has 2 fully saturated rings. The summed E-state index contributed by atoms with van der Waals surface area (Å²) in [6, 6.07) is 3.55. The number of carbonyl (C=O) groups is 2. The van der Waals surface area contributed by atoms with Crippen LogP contribution < -0.4 is 0 Å². The van der Waals surface area contributed by atoms with Gasteiger partial charge in [-0.1, -0.05) is 6.07 Å². The van der Waals surface area contributed by atoms with E-state index in [0.717, 1.165) is 31.5 Å². The molecule has 27 heavy (non-hydrogen) atoms. The van der Waals surface area contributed by atoms with E-state index >= 15 is 0 Å². The Morgan fingerprint density at radius 2 is 1.78 bits per heavy atom. The van der Waals surface area contributed by atoms with Crippen LogP contribution in [0.1, 0.15) is 35.1 Å². The van der Waals surface area contributed by atoms with Gasteiger partial charge in [0, 0.05) is 38.6 Å². The maximum absolute atomic E-state index is 13.3. The Kier molecular flexibility index (Phi) is 5.10. The predicted molar refractivity (Wildman–Crippen MR) is 96.7 cm³/mol. The van der Waals surface area contributed by atoms with Crippen LogP contribution in [0.3, 0.4) is 0 Å². The Bertz CT molecular complexity index is 766. The number of H-pyrrole nitrogens is 1. The smallest absolute Gasteiger partial charge is 0.291 e. The van der Waals surface area contributed by atoms with Gasteiger partial charge in [0.2, 0.25) is 11.7 Å². The summed E-state index contributed by atoms with van der Waals surface area (Å²) in [6.07, 6.45) is 7.06. The highest BCUT2D eigenvalue weighted by molar-refractivity contribution is 5.90. The van der Waals surface area contributed by atoms with E-state index in [2.05, 4.69) is 25.1 Å². The lowest BCUT2D eigenvalue weighted by Crippen LogP contribution is -2.53. The third-order valence-corrected chi connectivity index (χ3v) is 5.24. The first kappa shape index (κ1) is 17.6. The zero-order valence-electron chi connectivity index (χ0n) is 15.1. The standard InChI is InChI=1S/C18H23N7O2/c26-17(15(23-6-1-2-7-23)14-4-3-5-19-12-14)24-8-10-25(11-9-24)18(27)16-20-13-21-22-16/h3-5,12-13,15H,1-2,6-11H2,(H,20,21,22)/t15-/m1/s1. The monoisotopic (exact) mass is 369 g/mol. The number of nitrogens with zero attached hydrogens (tertiary/aromatic N) is 6. The molecule has 2 saturated heterocycles. The number of nitrogens with one attached hydrogen (secondary N) is 1. The van der Waals surface area contributed by atoms with Gasteiger partial charge in [-0.25, -0.2) is 4.98 Å². The van der Waals surface area contributed by atoms with E-state index < -0.39 is 0 Å². The molecule has 0 unspecified atom stereocenters. The molecule has 0 spiro atoms. The molecule has 0 bridgehead atoms. The van der Waals surface area contributed by atoms with Gasteiger partial charge in [0.05, 0.1) is 0 Å². The second-order valence-electron chi connectivity index (χ2n) is 6.88. The number of rotatable bonds is 4. The molecule has 4 heterocycles. The molecular formula is C18H23N7O2. The Hall–Kier alpha value is -2.81. The summed E-state index contributed by atoms with van der Waals surface area (Å²) >= 11 is 0. The lowest BCUT2D eigenvalue weighted by molar-refractivity contribution is -0.138. The lowest BCUT2D eigenvalue weighted by atomic mass is 10.1. The van der Waals surface area contributed by atoms with E-state index in [0.29, 0.717) is 26.2 Å². The van der Waals surface area contributed by atoms with Gasteiger partial charge in [-0.3, -0.25) is 24.6 Å². The molecule has 0 aromatic carbocycles. The average Bonchev–Trinajstić information content (AvgIpc) is 3.43. The molecule has 0 aliphatic carbocycles. The van der Waals surface area contributed by atoms with E-state index in [-0.39, 0.29) is 23.7 Å². The minimum absolute atomic E-state index is 0.0941. The van der Waals surface area contributed by atoms with Gasteiger partial charge in [0.25, 0.3) is 5.91 Å². The summed E-state index contributed by atoms with van der Waals surface area (Å²) in [5.41, 5.74) is 0.935. The van der Waals surface area contributed by atoms with Gasteiger partial charge in [-0.15, -0.1) is 0 Å². The Morgan fingerprint density at radius 1 is 1.04 bits per heavy atom. The summed E-state index contributed by atoms with van der Waals surface area (Å²) in [7, 11) is 0. The predicted octanol–water partition coefficient (Wildman–Crippen LogP) is 0.321. The van der Waals surface area contributed by atoms with Gasteiger partial charge in [0.1, 0.15) is 12.4 Å². The number of likely N-dealkylation sites (tertiary alicyclic amines) is 1. The zero-order valence-corrected chi connectivity index (χ0v) is 15.1. The maximum atomic E-state index is 13.3. The lowest BCUT2D eigenvalue weighted by Gasteiger charge is -2.38. The summed E-state index contributed by atoms with van der Waals surface area (Å²) in [6.45, 7) is 3.87. The third kappa shape index (κ3) is 3.68. The number of aromatic amines is 1. The molecule has 2 amide bonds. The summed E-state index contributed by atoms with van der Waals surface area (Å²) in [5.74, 6) is 0.152. The number of hydrogen-bond acceptors (Lipinski definition) is 6. The Morgan fingerprint density at radius 3 is 2.41 bits per heavy atom.